The van der Waals surface area contributed by atoms with E-state index in [1.54, 1.807) is 24.3 Å². The van der Waals surface area contributed by atoms with Gasteiger partial charge in [0.1, 0.15) is 5.92 Å². The van der Waals surface area contributed by atoms with Crippen molar-refractivity contribution in [2.45, 2.75) is 19.9 Å². The molecule has 0 aliphatic carbocycles. The van der Waals surface area contributed by atoms with Gasteiger partial charge in [-0.25, -0.2) is 4.79 Å². The topological polar surface area (TPSA) is 70.2 Å². The van der Waals surface area contributed by atoms with Crippen LogP contribution in [0.3, 0.4) is 0 Å². The van der Waals surface area contributed by atoms with Crippen molar-refractivity contribution in [1.82, 2.24) is 10.6 Å². The van der Waals surface area contributed by atoms with Gasteiger partial charge >= 0.3 is 6.03 Å². The van der Waals surface area contributed by atoms with Crippen LogP contribution in [0, 0.1) is 19.8 Å². The first-order valence-corrected chi connectivity index (χ1v) is 8.63. The number of rotatable bonds is 3. The fourth-order valence-corrected chi connectivity index (χ4v) is 3.15. The normalized spacial score (nSPS) is 19.5. The van der Waals surface area contributed by atoms with Crippen molar-refractivity contribution in [3.05, 3.63) is 76.5 Å². The lowest BCUT2D eigenvalue weighted by molar-refractivity contribution is -0.119. The molecule has 3 N–H and O–H groups in total. The Morgan fingerprint density at radius 1 is 1.15 bits per heavy atom. The predicted molar refractivity (Wildman–Crippen MR) is 103 cm³/mol. The van der Waals surface area contributed by atoms with Crippen molar-refractivity contribution in [1.29, 1.82) is 0 Å². The molecule has 1 fully saturated rings. The van der Waals surface area contributed by atoms with Gasteiger partial charge in [0.2, 0.25) is 5.91 Å². The van der Waals surface area contributed by atoms with Gasteiger partial charge in [0.05, 0.1) is 6.04 Å². The summed E-state index contributed by atoms with van der Waals surface area (Å²) in [4.78, 5) is 24.9. The lowest BCUT2D eigenvalue weighted by Crippen LogP contribution is -2.51. The van der Waals surface area contributed by atoms with Gasteiger partial charge in [0.15, 0.2) is 0 Å². The minimum absolute atomic E-state index is 0.240. The number of halogens is 1. The second-order valence-electron chi connectivity index (χ2n) is 6.44. The molecule has 0 spiro atoms. The molecule has 5 nitrogen and oxygen atoms in total. The summed E-state index contributed by atoms with van der Waals surface area (Å²) in [5.41, 5.74) is 3.90. The zero-order chi connectivity index (χ0) is 18.8. The molecule has 0 aromatic heterocycles. The molecule has 0 radical (unpaired) electrons. The highest BCUT2D eigenvalue weighted by Crippen LogP contribution is 2.31. The average Bonchev–Trinajstić information content (AvgIpc) is 2.58. The van der Waals surface area contributed by atoms with E-state index in [1.165, 1.54) is 0 Å². The Kier molecular flexibility index (Phi) is 5.00. The first-order chi connectivity index (χ1) is 12.3. The SMILES string of the molecule is C=C1NC(=O)NC(c2ccc(Cl)cc2)C1C(=O)Nc1cc(C)ccc1C. The number of carbonyl (C=O) groups excluding carboxylic acids is 2. The summed E-state index contributed by atoms with van der Waals surface area (Å²) in [5, 5.41) is 8.96. The zero-order valence-electron chi connectivity index (χ0n) is 14.6. The van der Waals surface area contributed by atoms with Crippen LogP contribution in [-0.2, 0) is 4.79 Å². The highest BCUT2D eigenvalue weighted by Gasteiger charge is 2.37. The summed E-state index contributed by atoms with van der Waals surface area (Å²) in [5.74, 6) is -0.898. The second-order valence-corrected chi connectivity index (χ2v) is 6.87. The van der Waals surface area contributed by atoms with Crippen LogP contribution in [0.15, 0.2) is 54.7 Å². The number of aryl methyl sites for hydroxylation is 2. The van der Waals surface area contributed by atoms with Crippen molar-refractivity contribution in [3.8, 4) is 0 Å². The van der Waals surface area contributed by atoms with Gasteiger partial charge in [0, 0.05) is 16.4 Å². The molecule has 26 heavy (non-hydrogen) atoms. The molecule has 0 bridgehead atoms. The molecule has 1 aliphatic rings. The van der Waals surface area contributed by atoms with E-state index in [1.807, 2.05) is 32.0 Å². The van der Waals surface area contributed by atoms with Gasteiger partial charge in [-0.05, 0) is 48.7 Å². The molecule has 2 aromatic rings. The van der Waals surface area contributed by atoms with Crippen LogP contribution in [0.5, 0.6) is 0 Å². The molecular formula is C20H20ClN3O2. The quantitative estimate of drug-likeness (QED) is 0.762. The van der Waals surface area contributed by atoms with Crippen molar-refractivity contribution in [2.75, 3.05) is 5.32 Å². The van der Waals surface area contributed by atoms with Gasteiger partial charge in [-0.15, -0.1) is 0 Å². The van der Waals surface area contributed by atoms with E-state index in [4.69, 9.17) is 11.6 Å². The molecular weight excluding hydrogens is 350 g/mol. The molecule has 1 heterocycles. The summed E-state index contributed by atoms with van der Waals surface area (Å²) < 4.78 is 0. The van der Waals surface area contributed by atoms with Crippen LogP contribution in [0.2, 0.25) is 5.02 Å². The monoisotopic (exact) mass is 369 g/mol. The Labute approximate surface area is 157 Å². The van der Waals surface area contributed by atoms with E-state index in [9.17, 15) is 9.59 Å². The molecule has 3 rings (SSSR count). The van der Waals surface area contributed by atoms with Crippen LogP contribution in [0.1, 0.15) is 22.7 Å². The molecule has 3 amide bonds. The first kappa shape index (κ1) is 18.0. The average molecular weight is 370 g/mol. The highest BCUT2D eigenvalue weighted by molar-refractivity contribution is 6.30. The third-order valence-corrected chi connectivity index (χ3v) is 4.68. The van der Waals surface area contributed by atoms with Crippen LogP contribution in [-0.4, -0.2) is 11.9 Å². The Bertz CT molecular complexity index is 877. The van der Waals surface area contributed by atoms with Crippen LogP contribution < -0.4 is 16.0 Å². The summed E-state index contributed by atoms with van der Waals surface area (Å²) in [6, 6.07) is 12.0. The first-order valence-electron chi connectivity index (χ1n) is 8.25. The van der Waals surface area contributed by atoms with Gasteiger partial charge in [-0.1, -0.05) is 42.4 Å². The Balaban J connectivity index is 1.91. The minimum Gasteiger partial charge on any atom is -0.330 e. The molecule has 134 valence electrons. The number of urea groups is 1. The smallest absolute Gasteiger partial charge is 0.319 e. The number of hydrogen-bond acceptors (Lipinski definition) is 2. The third-order valence-electron chi connectivity index (χ3n) is 4.43. The number of anilines is 1. The van der Waals surface area contributed by atoms with Crippen LogP contribution in [0.25, 0.3) is 0 Å². The number of amides is 3. The Morgan fingerprint density at radius 2 is 1.85 bits per heavy atom. The minimum atomic E-state index is -0.659. The fraction of sp³-hybridized carbons (Fsp3) is 0.200. The van der Waals surface area contributed by atoms with E-state index < -0.39 is 12.0 Å². The van der Waals surface area contributed by atoms with E-state index in [0.717, 1.165) is 22.4 Å². The van der Waals surface area contributed by atoms with Gasteiger partial charge in [0.25, 0.3) is 0 Å². The molecule has 1 saturated heterocycles. The second kappa shape index (κ2) is 7.22. The van der Waals surface area contributed by atoms with Gasteiger partial charge in [-0.3, -0.25) is 4.79 Å². The van der Waals surface area contributed by atoms with E-state index >= 15 is 0 Å². The summed E-state index contributed by atoms with van der Waals surface area (Å²) in [6.45, 7) is 7.78. The summed E-state index contributed by atoms with van der Waals surface area (Å²) >= 11 is 5.95. The molecule has 1 aliphatic heterocycles. The molecule has 0 saturated carbocycles. The number of nitrogens with one attached hydrogen (secondary N) is 3. The van der Waals surface area contributed by atoms with E-state index in [0.29, 0.717) is 10.7 Å². The molecule has 2 atom stereocenters. The van der Waals surface area contributed by atoms with Crippen molar-refractivity contribution in [2.24, 2.45) is 5.92 Å². The summed E-state index contributed by atoms with van der Waals surface area (Å²) in [7, 11) is 0. The van der Waals surface area contributed by atoms with Gasteiger partial charge in [-0.2, -0.15) is 0 Å². The van der Waals surface area contributed by atoms with E-state index in [2.05, 4.69) is 22.5 Å². The fourth-order valence-electron chi connectivity index (χ4n) is 3.02. The van der Waals surface area contributed by atoms with Crippen molar-refractivity contribution in [3.63, 3.8) is 0 Å². The summed E-state index contributed by atoms with van der Waals surface area (Å²) in [6.07, 6.45) is 0. The molecule has 2 aromatic carbocycles. The maximum atomic E-state index is 13.0. The number of benzene rings is 2. The lowest BCUT2D eigenvalue weighted by Gasteiger charge is -2.34. The highest BCUT2D eigenvalue weighted by atomic mass is 35.5. The van der Waals surface area contributed by atoms with Crippen molar-refractivity contribution < 1.29 is 9.59 Å². The Hall–Kier alpha value is -2.79. The zero-order valence-corrected chi connectivity index (χ0v) is 15.4. The Morgan fingerprint density at radius 3 is 2.54 bits per heavy atom. The maximum Gasteiger partial charge on any atom is 0.319 e. The van der Waals surface area contributed by atoms with Crippen LogP contribution >= 0.6 is 11.6 Å². The predicted octanol–water partition coefficient (Wildman–Crippen LogP) is 4.08. The van der Waals surface area contributed by atoms with Crippen LogP contribution in [0.4, 0.5) is 10.5 Å². The third kappa shape index (κ3) is 3.73. The molecule has 6 heteroatoms. The van der Waals surface area contributed by atoms with Crippen molar-refractivity contribution >= 4 is 29.2 Å². The maximum absolute atomic E-state index is 13.0. The largest absolute Gasteiger partial charge is 0.330 e. The number of hydrogen-bond donors (Lipinski definition) is 3. The van der Waals surface area contributed by atoms with E-state index in [-0.39, 0.29) is 11.9 Å². The number of carbonyl (C=O) groups is 2. The lowest BCUT2D eigenvalue weighted by atomic mass is 9.88. The van der Waals surface area contributed by atoms with Gasteiger partial charge < -0.3 is 16.0 Å². The molecule has 2 unspecified atom stereocenters. The standard InChI is InChI=1S/C20H20ClN3O2/c1-11-4-5-12(2)16(10-11)23-19(25)17-13(3)22-20(26)24-18(17)14-6-8-15(21)9-7-14/h4-10,17-18H,3H2,1-2H3,(H,23,25)(H2,22,24,26).